The first-order valence-electron chi connectivity index (χ1n) is 7.00. The molecule has 3 aromatic rings. The van der Waals surface area contributed by atoms with E-state index in [2.05, 4.69) is 11.1 Å². The number of nitriles is 1. The van der Waals surface area contributed by atoms with Crippen molar-refractivity contribution < 1.29 is 5.11 Å². The Labute approximate surface area is 128 Å². The van der Waals surface area contributed by atoms with Crippen LogP contribution >= 0.6 is 0 Å². The van der Waals surface area contributed by atoms with Crippen LogP contribution in [0.4, 0.5) is 0 Å². The summed E-state index contributed by atoms with van der Waals surface area (Å²) in [6, 6.07) is 19.0. The lowest BCUT2D eigenvalue weighted by Gasteiger charge is -2.14. The van der Waals surface area contributed by atoms with Gasteiger partial charge in [-0.2, -0.15) is 5.26 Å². The van der Waals surface area contributed by atoms with Gasteiger partial charge in [0.15, 0.2) is 0 Å². The van der Waals surface area contributed by atoms with Gasteiger partial charge in [-0.25, -0.2) is 4.98 Å². The van der Waals surface area contributed by atoms with Crippen molar-refractivity contribution >= 4 is 0 Å². The summed E-state index contributed by atoms with van der Waals surface area (Å²) in [5.74, 6) is 0. The Morgan fingerprint density at radius 2 is 1.82 bits per heavy atom. The van der Waals surface area contributed by atoms with Crippen LogP contribution < -0.4 is 0 Å². The molecule has 0 saturated carbocycles. The number of aliphatic hydroxyl groups is 1. The zero-order valence-electron chi connectivity index (χ0n) is 11.9. The van der Waals surface area contributed by atoms with Gasteiger partial charge in [-0.1, -0.05) is 42.5 Å². The number of rotatable bonds is 4. The summed E-state index contributed by atoms with van der Waals surface area (Å²) in [5, 5.41) is 19.3. The molecule has 2 aromatic carbocycles. The van der Waals surface area contributed by atoms with Crippen LogP contribution in [-0.4, -0.2) is 14.7 Å². The summed E-state index contributed by atoms with van der Waals surface area (Å²) < 4.78 is 1.92. The highest BCUT2D eigenvalue weighted by atomic mass is 16.3. The van der Waals surface area contributed by atoms with E-state index < -0.39 is 6.10 Å². The minimum Gasteiger partial charge on any atom is -0.382 e. The van der Waals surface area contributed by atoms with E-state index in [1.54, 1.807) is 24.7 Å². The molecule has 1 N–H and O–H groups in total. The highest BCUT2D eigenvalue weighted by Gasteiger charge is 2.15. The van der Waals surface area contributed by atoms with Gasteiger partial charge in [0.1, 0.15) is 6.10 Å². The van der Waals surface area contributed by atoms with Gasteiger partial charge in [0.2, 0.25) is 0 Å². The molecule has 108 valence electrons. The van der Waals surface area contributed by atoms with Crippen LogP contribution in [0.3, 0.4) is 0 Å². The second-order valence-electron chi connectivity index (χ2n) is 5.07. The molecule has 1 heterocycles. The van der Waals surface area contributed by atoms with Crippen LogP contribution in [0.5, 0.6) is 0 Å². The van der Waals surface area contributed by atoms with E-state index in [0.717, 1.165) is 16.8 Å². The van der Waals surface area contributed by atoms with E-state index in [1.165, 1.54) is 0 Å². The minimum absolute atomic E-state index is 0.602. The zero-order chi connectivity index (χ0) is 15.4. The van der Waals surface area contributed by atoms with E-state index in [9.17, 15) is 5.11 Å². The van der Waals surface area contributed by atoms with Crippen molar-refractivity contribution in [3.8, 4) is 6.07 Å². The van der Waals surface area contributed by atoms with Crippen LogP contribution in [0.2, 0.25) is 0 Å². The number of benzene rings is 2. The number of hydrogen-bond acceptors (Lipinski definition) is 3. The molecule has 3 rings (SSSR count). The topological polar surface area (TPSA) is 61.8 Å². The smallest absolute Gasteiger partial charge is 0.121 e. The molecule has 0 radical (unpaired) electrons. The molecule has 0 fully saturated rings. The minimum atomic E-state index is -0.706. The molecule has 1 unspecified atom stereocenters. The second kappa shape index (κ2) is 6.25. The van der Waals surface area contributed by atoms with Gasteiger partial charge in [-0.3, -0.25) is 0 Å². The molecule has 0 bridgehead atoms. The predicted octanol–water partition coefficient (Wildman–Crippen LogP) is 2.88. The fraction of sp³-hybridized carbons (Fsp3) is 0.111. The monoisotopic (exact) mass is 289 g/mol. The number of aromatic nitrogens is 2. The predicted molar refractivity (Wildman–Crippen MR) is 83.0 cm³/mol. The second-order valence-corrected chi connectivity index (χ2v) is 5.07. The summed E-state index contributed by atoms with van der Waals surface area (Å²) in [7, 11) is 0. The van der Waals surface area contributed by atoms with E-state index in [0.29, 0.717) is 12.1 Å². The molecule has 0 spiro atoms. The lowest BCUT2D eigenvalue weighted by Crippen LogP contribution is -2.09. The first kappa shape index (κ1) is 14.1. The summed E-state index contributed by atoms with van der Waals surface area (Å²) >= 11 is 0. The van der Waals surface area contributed by atoms with Crippen molar-refractivity contribution in [2.75, 3.05) is 0 Å². The molecule has 4 heteroatoms. The maximum Gasteiger partial charge on any atom is 0.121 e. The molecule has 0 saturated heterocycles. The van der Waals surface area contributed by atoms with Crippen molar-refractivity contribution in [1.29, 1.82) is 5.26 Å². The lowest BCUT2D eigenvalue weighted by molar-refractivity contribution is 0.210. The van der Waals surface area contributed by atoms with E-state index in [1.807, 2.05) is 47.0 Å². The molecule has 1 aromatic heterocycles. The Morgan fingerprint density at radius 3 is 2.50 bits per heavy atom. The highest BCUT2D eigenvalue weighted by Crippen LogP contribution is 2.22. The molecule has 22 heavy (non-hydrogen) atoms. The highest BCUT2D eigenvalue weighted by molar-refractivity contribution is 5.32. The summed E-state index contributed by atoms with van der Waals surface area (Å²) in [6.07, 6.45) is 2.68. The fourth-order valence-electron chi connectivity index (χ4n) is 2.38. The average Bonchev–Trinajstić information content (AvgIpc) is 3.04. The summed E-state index contributed by atoms with van der Waals surface area (Å²) in [4.78, 5) is 4.15. The van der Waals surface area contributed by atoms with Gasteiger partial charge in [-0.15, -0.1) is 0 Å². The zero-order valence-corrected chi connectivity index (χ0v) is 11.9. The number of nitrogens with zero attached hydrogens (tertiary/aromatic N) is 3. The quantitative estimate of drug-likeness (QED) is 0.803. The Kier molecular flexibility index (Phi) is 3.99. The van der Waals surface area contributed by atoms with Crippen molar-refractivity contribution in [2.24, 2.45) is 0 Å². The maximum absolute atomic E-state index is 10.5. The van der Waals surface area contributed by atoms with Gasteiger partial charge < -0.3 is 9.67 Å². The third kappa shape index (κ3) is 2.90. The van der Waals surface area contributed by atoms with Crippen LogP contribution in [0, 0.1) is 11.3 Å². The number of hydrogen-bond donors (Lipinski definition) is 1. The first-order valence-corrected chi connectivity index (χ1v) is 7.00. The Morgan fingerprint density at radius 1 is 1.09 bits per heavy atom. The van der Waals surface area contributed by atoms with E-state index in [4.69, 9.17) is 5.26 Å². The normalized spacial score (nSPS) is 11.8. The number of aliphatic hydroxyl groups excluding tert-OH is 1. The van der Waals surface area contributed by atoms with Crippen molar-refractivity contribution in [2.45, 2.75) is 12.6 Å². The fourth-order valence-corrected chi connectivity index (χ4v) is 2.38. The van der Waals surface area contributed by atoms with Gasteiger partial charge >= 0.3 is 0 Å². The van der Waals surface area contributed by atoms with Gasteiger partial charge in [0.25, 0.3) is 0 Å². The van der Waals surface area contributed by atoms with Crippen molar-refractivity contribution in [3.63, 3.8) is 0 Å². The summed E-state index contributed by atoms with van der Waals surface area (Å²) in [6.45, 7) is 0.602. The standard InChI is InChI=1S/C18H15N3O/c19-10-14-6-8-15(9-7-14)12-21-13-20-11-17(21)18(22)16-4-2-1-3-5-16/h1-9,11,13,18,22H,12H2. The largest absolute Gasteiger partial charge is 0.382 e. The van der Waals surface area contributed by atoms with E-state index in [-0.39, 0.29) is 0 Å². The van der Waals surface area contributed by atoms with Crippen molar-refractivity contribution in [3.05, 3.63) is 89.5 Å². The average molecular weight is 289 g/mol. The van der Waals surface area contributed by atoms with Gasteiger partial charge in [0, 0.05) is 6.54 Å². The Bertz CT molecular complexity index is 785. The van der Waals surface area contributed by atoms with E-state index >= 15 is 0 Å². The third-order valence-corrected chi connectivity index (χ3v) is 3.58. The van der Waals surface area contributed by atoms with Crippen LogP contribution in [0.15, 0.2) is 67.1 Å². The molecule has 0 aliphatic carbocycles. The number of imidazole rings is 1. The van der Waals surface area contributed by atoms with Gasteiger partial charge in [-0.05, 0) is 23.3 Å². The van der Waals surface area contributed by atoms with Crippen molar-refractivity contribution in [1.82, 2.24) is 9.55 Å². The molecular weight excluding hydrogens is 274 g/mol. The van der Waals surface area contributed by atoms with Gasteiger partial charge in [0.05, 0.1) is 29.9 Å². The maximum atomic E-state index is 10.5. The molecule has 0 aliphatic rings. The Hall–Kier alpha value is -2.90. The molecule has 0 aliphatic heterocycles. The summed E-state index contributed by atoms with van der Waals surface area (Å²) in [5.41, 5.74) is 3.28. The van der Waals surface area contributed by atoms with Crippen LogP contribution in [0.1, 0.15) is 28.5 Å². The molecule has 1 atom stereocenters. The third-order valence-electron chi connectivity index (χ3n) is 3.58. The first-order chi connectivity index (χ1) is 10.8. The Balaban J connectivity index is 1.84. The lowest BCUT2D eigenvalue weighted by atomic mass is 10.1. The molecule has 4 nitrogen and oxygen atoms in total. The van der Waals surface area contributed by atoms with Crippen LogP contribution in [-0.2, 0) is 6.54 Å². The molecular formula is C18H15N3O. The molecule has 0 amide bonds. The van der Waals surface area contributed by atoms with Crippen LogP contribution in [0.25, 0.3) is 0 Å². The SMILES string of the molecule is N#Cc1ccc(Cn2cncc2C(O)c2ccccc2)cc1.